The number of benzene rings is 1. The van der Waals surface area contributed by atoms with Crippen LogP contribution in [0, 0.1) is 25.2 Å². The zero-order valence-electron chi connectivity index (χ0n) is 14.2. The molecule has 1 aliphatic rings. The lowest BCUT2D eigenvalue weighted by atomic mass is 9.96. The summed E-state index contributed by atoms with van der Waals surface area (Å²) in [6.07, 6.45) is 4.17. The van der Waals surface area contributed by atoms with Crippen molar-refractivity contribution in [2.75, 3.05) is 5.32 Å². The van der Waals surface area contributed by atoms with Gasteiger partial charge in [-0.2, -0.15) is 5.26 Å². The minimum absolute atomic E-state index is 0.290. The molecule has 0 aliphatic heterocycles. The maximum Gasteiger partial charge on any atom is 0.292 e. The van der Waals surface area contributed by atoms with Crippen LogP contribution in [0.4, 0.5) is 5.00 Å². The lowest BCUT2D eigenvalue weighted by Crippen LogP contribution is -2.12. The number of rotatable bonds is 2. The maximum atomic E-state index is 12.8. The Hall–Kier alpha value is -2.58. The summed E-state index contributed by atoms with van der Waals surface area (Å²) in [6.45, 7) is 3.91. The Kier molecular flexibility index (Phi) is 3.85. The zero-order chi connectivity index (χ0) is 17.6. The highest BCUT2D eigenvalue weighted by molar-refractivity contribution is 7.16. The number of amides is 1. The van der Waals surface area contributed by atoms with Gasteiger partial charge in [-0.1, -0.05) is 11.6 Å². The van der Waals surface area contributed by atoms with Gasteiger partial charge in [0.1, 0.15) is 16.7 Å². The molecule has 4 nitrogen and oxygen atoms in total. The third kappa shape index (κ3) is 2.63. The zero-order valence-corrected chi connectivity index (χ0v) is 15.0. The van der Waals surface area contributed by atoms with Gasteiger partial charge in [0, 0.05) is 15.8 Å². The number of fused-ring (bicyclic) bond motifs is 2. The van der Waals surface area contributed by atoms with E-state index in [1.807, 2.05) is 32.0 Å². The molecule has 0 bridgehead atoms. The quantitative estimate of drug-likeness (QED) is 0.698. The molecule has 1 amide bonds. The standard InChI is InChI=1S/C20H18N2O2S/c1-11-7-8-16-14(9-11)12(2)18(24-16)19(23)22-20-15(10-21)13-5-3-4-6-17(13)25-20/h7-9H,3-6H2,1-2H3,(H,22,23). The van der Waals surface area contributed by atoms with Crippen LogP contribution in [0.1, 0.15) is 50.5 Å². The van der Waals surface area contributed by atoms with Crippen molar-refractivity contribution in [3.05, 3.63) is 51.1 Å². The Morgan fingerprint density at radius 1 is 1.28 bits per heavy atom. The topological polar surface area (TPSA) is 66.0 Å². The van der Waals surface area contributed by atoms with Gasteiger partial charge < -0.3 is 9.73 Å². The summed E-state index contributed by atoms with van der Waals surface area (Å²) in [6, 6.07) is 8.15. The maximum absolute atomic E-state index is 12.8. The number of carbonyl (C=O) groups is 1. The minimum atomic E-state index is -0.290. The number of carbonyl (C=O) groups excluding carboxylic acids is 1. The predicted molar refractivity (Wildman–Crippen MR) is 99.3 cm³/mol. The Morgan fingerprint density at radius 3 is 2.88 bits per heavy atom. The molecule has 5 heteroatoms. The summed E-state index contributed by atoms with van der Waals surface area (Å²) < 4.78 is 5.77. The smallest absolute Gasteiger partial charge is 0.292 e. The van der Waals surface area contributed by atoms with Crippen LogP contribution >= 0.6 is 11.3 Å². The van der Waals surface area contributed by atoms with Crippen LogP contribution in [-0.4, -0.2) is 5.91 Å². The summed E-state index contributed by atoms with van der Waals surface area (Å²) >= 11 is 1.53. The van der Waals surface area contributed by atoms with Crippen LogP contribution in [0.3, 0.4) is 0 Å². The molecule has 0 saturated heterocycles. The summed E-state index contributed by atoms with van der Waals surface area (Å²) in [5.41, 5.74) is 4.40. The minimum Gasteiger partial charge on any atom is -0.451 e. The molecule has 0 atom stereocenters. The summed E-state index contributed by atoms with van der Waals surface area (Å²) in [7, 11) is 0. The van der Waals surface area contributed by atoms with Gasteiger partial charge >= 0.3 is 0 Å². The van der Waals surface area contributed by atoms with Gasteiger partial charge in [0.25, 0.3) is 5.91 Å². The van der Waals surface area contributed by atoms with Gasteiger partial charge in [0.15, 0.2) is 5.76 Å². The second-order valence-corrected chi connectivity index (χ2v) is 7.64. The van der Waals surface area contributed by atoms with Crippen molar-refractivity contribution >= 4 is 33.2 Å². The van der Waals surface area contributed by atoms with E-state index in [0.717, 1.165) is 47.8 Å². The number of hydrogen-bond acceptors (Lipinski definition) is 4. The second-order valence-electron chi connectivity index (χ2n) is 6.54. The van der Waals surface area contributed by atoms with Crippen LogP contribution in [-0.2, 0) is 12.8 Å². The van der Waals surface area contributed by atoms with E-state index in [2.05, 4.69) is 11.4 Å². The van der Waals surface area contributed by atoms with E-state index in [0.29, 0.717) is 21.9 Å². The van der Waals surface area contributed by atoms with E-state index >= 15 is 0 Å². The fraction of sp³-hybridized carbons (Fsp3) is 0.300. The summed E-state index contributed by atoms with van der Waals surface area (Å²) in [4.78, 5) is 14.0. The number of nitrogens with one attached hydrogen (secondary N) is 1. The fourth-order valence-corrected chi connectivity index (χ4v) is 4.72. The van der Waals surface area contributed by atoms with Crippen molar-refractivity contribution in [2.45, 2.75) is 39.5 Å². The normalized spacial score (nSPS) is 13.5. The second kappa shape index (κ2) is 6.05. The molecule has 1 aromatic carbocycles. The fourth-order valence-electron chi connectivity index (χ4n) is 3.48. The molecule has 0 radical (unpaired) electrons. The van der Waals surface area contributed by atoms with Crippen molar-refractivity contribution in [3.8, 4) is 6.07 Å². The van der Waals surface area contributed by atoms with Crippen LogP contribution < -0.4 is 5.32 Å². The number of furan rings is 1. The molecule has 2 aromatic heterocycles. The molecule has 2 heterocycles. The van der Waals surface area contributed by atoms with Gasteiger partial charge in [-0.25, -0.2) is 0 Å². The third-order valence-electron chi connectivity index (χ3n) is 4.81. The highest BCUT2D eigenvalue weighted by Gasteiger charge is 2.24. The molecular formula is C20H18N2O2S. The molecule has 0 saturated carbocycles. The van der Waals surface area contributed by atoms with Crippen molar-refractivity contribution in [3.63, 3.8) is 0 Å². The number of nitriles is 1. The van der Waals surface area contributed by atoms with E-state index in [1.54, 1.807) is 0 Å². The summed E-state index contributed by atoms with van der Waals surface area (Å²) in [5.74, 6) is 0.0253. The van der Waals surface area contributed by atoms with E-state index in [9.17, 15) is 10.1 Å². The molecule has 0 unspecified atom stereocenters. The third-order valence-corrected chi connectivity index (χ3v) is 6.02. The van der Waals surface area contributed by atoms with Gasteiger partial charge in [0.2, 0.25) is 0 Å². The first kappa shape index (κ1) is 15.9. The van der Waals surface area contributed by atoms with E-state index in [1.165, 1.54) is 16.2 Å². The number of aryl methyl sites for hydroxylation is 3. The molecule has 3 aromatic rings. The lowest BCUT2D eigenvalue weighted by Gasteiger charge is -2.09. The van der Waals surface area contributed by atoms with Gasteiger partial charge in [-0.15, -0.1) is 11.3 Å². The number of anilines is 1. The van der Waals surface area contributed by atoms with Crippen molar-refractivity contribution < 1.29 is 9.21 Å². The Balaban J connectivity index is 1.70. The first-order chi connectivity index (χ1) is 12.1. The summed E-state index contributed by atoms with van der Waals surface area (Å²) in [5, 5.41) is 14.0. The molecule has 25 heavy (non-hydrogen) atoms. The highest BCUT2D eigenvalue weighted by Crippen LogP contribution is 2.38. The van der Waals surface area contributed by atoms with Crippen molar-refractivity contribution in [2.24, 2.45) is 0 Å². The van der Waals surface area contributed by atoms with E-state index < -0.39 is 0 Å². The largest absolute Gasteiger partial charge is 0.451 e. The molecule has 0 fully saturated rings. The van der Waals surface area contributed by atoms with E-state index in [4.69, 9.17) is 4.42 Å². The van der Waals surface area contributed by atoms with Gasteiger partial charge in [-0.3, -0.25) is 4.79 Å². The van der Waals surface area contributed by atoms with Crippen molar-refractivity contribution in [1.82, 2.24) is 0 Å². The van der Waals surface area contributed by atoms with Crippen LogP contribution in [0.5, 0.6) is 0 Å². The Labute approximate surface area is 150 Å². The molecule has 4 rings (SSSR count). The first-order valence-corrected chi connectivity index (χ1v) is 9.26. The molecule has 1 aliphatic carbocycles. The van der Waals surface area contributed by atoms with Crippen LogP contribution in [0.25, 0.3) is 11.0 Å². The molecular weight excluding hydrogens is 332 g/mol. The molecule has 0 spiro atoms. The van der Waals surface area contributed by atoms with Crippen LogP contribution in [0.15, 0.2) is 22.6 Å². The average Bonchev–Trinajstić information content (AvgIpc) is 3.12. The predicted octanol–water partition coefficient (Wildman–Crippen LogP) is 5.11. The lowest BCUT2D eigenvalue weighted by molar-refractivity contribution is 0.0998. The average molecular weight is 350 g/mol. The Morgan fingerprint density at radius 2 is 2.08 bits per heavy atom. The van der Waals surface area contributed by atoms with Crippen LogP contribution in [0.2, 0.25) is 0 Å². The van der Waals surface area contributed by atoms with Gasteiger partial charge in [-0.05, 0) is 57.2 Å². The van der Waals surface area contributed by atoms with Crippen molar-refractivity contribution in [1.29, 1.82) is 5.26 Å². The molecule has 1 N–H and O–H groups in total. The Bertz CT molecular complexity index is 1040. The highest BCUT2D eigenvalue weighted by atomic mass is 32.1. The number of hydrogen-bond donors (Lipinski definition) is 1. The van der Waals surface area contributed by atoms with Gasteiger partial charge in [0.05, 0.1) is 5.56 Å². The first-order valence-electron chi connectivity index (χ1n) is 8.44. The van der Waals surface area contributed by atoms with E-state index in [-0.39, 0.29) is 5.91 Å². The number of nitrogens with zero attached hydrogens (tertiary/aromatic N) is 1. The monoisotopic (exact) mass is 350 g/mol. The number of thiophene rings is 1. The SMILES string of the molecule is Cc1ccc2oc(C(=O)Nc3sc4c(c3C#N)CCCC4)c(C)c2c1. The molecule has 126 valence electrons.